The minimum Gasteiger partial charge on any atom is -0.326 e. The van der Waals surface area contributed by atoms with E-state index in [1.54, 1.807) is 6.07 Å². The van der Waals surface area contributed by atoms with Crippen molar-refractivity contribution in [2.24, 2.45) is 5.92 Å². The third-order valence-electron chi connectivity index (χ3n) is 4.59. The summed E-state index contributed by atoms with van der Waals surface area (Å²) in [6.45, 7) is 6.35. The molecule has 5 heteroatoms. The van der Waals surface area contributed by atoms with E-state index in [0.29, 0.717) is 24.0 Å². The zero-order valence-corrected chi connectivity index (χ0v) is 16.2. The Kier molecular flexibility index (Phi) is 5.79. The highest BCUT2D eigenvalue weighted by Gasteiger charge is 2.32. The fourth-order valence-electron chi connectivity index (χ4n) is 2.92. The van der Waals surface area contributed by atoms with Gasteiger partial charge in [0.1, 0.15) is 0 Å². The van der Waals surface area contributed by atoms with E-state index in [1.165, 1.54) is 5.56 Å². The summed E-state index contributed by atoms with van der Waals surface area (Å²) in [7, 11) is 0. The number of hydrogen-bond donors (Lipinski definition) is 2. The number of amides is 3. The Morgan fingerprint density at radius 1 is 1.04 bits per heavy atom. The van der Waals surface area contributed by atoms with E-state index in [0.717, 1.165) is 18.4 Å². The Hall–Kier alpha value is -2.82. The first-order valence-corrected chi connectivity index (χ1v) is 9.46. The van der Waals surface area contributed by atoms with Gasteiger partial charge in [-0.1, -0.05) is 49.7 Å². The summed E-state index contributed by atoms with van der Waals surface area (Å²) >= 11 is 0. The number of urea groups is 1. The van der Waals surface area contributed by atoms with Crippen molar-refractivity contribution in [2.45, 2.75) is 46.2 Å². The Labute approximate surface area is 160 Å². The smallest absolute Gasteiger partial charge is 0.322 e. The lowest BCUT2D eigenvalue weighted by atomic mass is 10.1. The lowest BCUT2D eigenvalue weighted by Gasteiger charge is -2.23. The molecule has 0 radical (unpaired) electrons. The molecule has 0 saturated heterocycles. The van der Waals surface area contributed by atoms with Crippen LogP contribution in [0.4, 0.5) is 16.2 Å². The Morgan fingerprint density at radius 3 is 2.33 bits per heavy atom. The van der Waals surface area contributed by atoms with Gasteiger partial charge in [0.15, 0.2) is 0 Å². The monoisotopic (exact) mass is 365 g/mol. The van der Waals surface area contributed by atoms with Crippen LogP contribution in [0.25, 0.3) is 0 Å². The van der Waals surface area contributed by atoms with Gasteiger partial charge in [-0.25, -0.2) is 4.79 Å². The maximum atomic E-state index is 12.9. The second-order valence-electron chi connectivity index (χ2n) is 7.50. The summed E-state index contributed by atoms with van der Waals surface area (Å²) in [5, 5.41) is 5.84. The molecule has 0 spiro atoms. The van der Waals surface area contributed by atoms with Gasteiger partial charge in [-0.15, -0.1) is 0 Å². The molecule has 2 N–H and O–H groups in total. The minimum atomic E-state index is -0.105. The van der Waals surface area contributed by atoms with E-state index in [4.69, 9.17) is 0 Å². The highest BCUT2D eigenvalue weighted by atomic mass is 16.2. The fourth-order valence-corrected chi connectivity index (χ4v) is 2.92. The second kappa shape index (κ2) is 8.25. The first-order valence-electron chi connectivity index (χ1n) is 9.46. The number of carbonyl (C=O) groups excluding carboxylic acids is 2. The average Bonchev–Trinajstić information content (AvgIpc) is 3.44. The number of nitrogens with one attached hydrogen (secondary N) is 2. The van der Waals surface area contributed by atoms with Crippen LogP contribution < -0.4 is 10.6 Å². The number of anilines is 2. The topological polar surface area (TPSA) is 61.4 Å². The van der Waals surface area contributed by atoms with Crippen LogP contribution in [0.5, 0.6) is 0 Å². The quantitative estimate of drug-likeness (QED) is 0.773. The maximum absolute atomic E-state index is 12.9. The van der Waals surface area contributed by atoms with Crippen LogP contribution in [0.15, 0.2) is 48.5 Å². The van der Waals surface area contributed by atoms with Crippen LogP contribution in [0.2, 0.25) is 0 Å². The molecule has 1 fully saturated rings. The average molecular weight is 365 g/mol. The van der Waals surface area contributed by atoms with E-state index in [1.807, 2.05) is 43.0 Å². The summed E-state index contributed by atoms with van der Waals surface area (Å²) in [5.74, 6) is -0.138. The van der Waals surface area contributed by atoms with Gasteiger partial charge in [0.2, 0.25) is 5.91 Å². The molecule has 0 atom stereocenters. The molecular weight excluding hydrogens is 338 g/mol. The van der Waals surface area contributed by atoms with Crippen LogP contribution in [-0.4, -0.2) is 22.9 Å². The van der Waals surface area contributed by atoms with Crippen LogP contribution in [0.3, 0.4) is 0 Å². The summed E-state index contributed by atoms with van der Waals surface area (Å²) < 4.78 is 0. The van der Waals surface area contributed by atoms with Gasteiger partial charge in [0.05, 0.1) is 0 Å². The predicted octanol–water partition coefficient (Wildman–Crippen LogP) is 4.79. The second-order valence-corrected chi connectivity index (χ2v) is 7.50. The molecule has 142 valence electrons. The SMILES string of the molecule is Cc1cccc(CN(C(=O)Nc2cccc(NC(=O)C(C)C)c2)C2CC2)c1. The van der Waals surface area contributed by atoms with Gasteiger partial charge in [-0.3, -0.25) is 4.79 Å². The molecular formula is C22H27N3O2. The van der Waals surface area contributed by atoms with Crippen LogP contribution >= 0.6 is 0 Å². The minimum absolute atomic E-state index is 0.0440. The van der Waals surface area contributed by atoms with E-state index < -0.39 is 0 Å². The molecule has 3 rings (SSSR count). The summed E-state index contributed by atoms with van der Waals surface area (Å²) in [6, 6.07) is 15.7. The summed E-state index contributed by atoms with van der Waals surface area (Å²) in [4.78, 5) is 26.6. The van der Waals surface area contributed by atoms with Crippen molar-refractivity contribution in [3.05, 3.63) is 59.7 Å². The first-order chi connectivity index (χ1) is 12.9. The predicted molar refractivity (Wildman–Crippen MR) is 109 cm³/mol. The fraction of sp³-hybridized carbons (Fsp3) is 0.364. The highest BCUT2D eigenvalue weighted by Crippen LogP contribution is 2.29. The van der Waals surface area contributed by atoms with E-state index in [9.17, 15) is 9.59 Å². The zero-order chi connectivity index (χ0) is 19.4. The van der Waals surface area contributed by atoms with Gasteiger partial charge in [0, 0.05) is 29.9 Å². The molecule has 1 aliphatic rings. The van der Waals surface area contributed by atoms with Crippen molar-refractivity contribution in [2.75, 3.05) is 10.6 Å². The Bertz CT molecular complexity index is 828. The maximum Gasteiger partial charge on any atom is 0.322 e. The molecule has 2 aromatic rings. The number of carbonyl (C=O) groups is 2. The van der Waals surface area contributed by atoms with Gasteiger partial charge >= 0.3 is 6.03 Å². The van der Waals surface area contributed by atoms with E-state index >= 15 is 0 Å². The van der Waals surface area contributed by atoms with Crippen LogP contribution in [0, 0.1) is 12.8 Å². The molecule has 0 aromatic heterocycles. The van der Waals surface area contributed by atoms with Gasteiger partial charge in [0.25, 0.3) is 0 Å². The number of rotatable bonds is 6. The van der Waals surface area contributed by atoms with Gasteiger partial charge in [-0.05, 0) is 43.5 Å². The molecule has 0 unspecified atom stereocenters. The first kappa shape index (κ1) is 19.0. The van der Waals surface area contributed by atoms with E-state index in [-0.39, 0.29) is 17.9 Å². The van der Waals surface area contributed by atoms with Crippen molar-refractivity contribution < 1.29 is 9.59 Å². The number of nitrogens with zero attached hydrogens (tertiary/aromatic N) is 1. The van der Waals surface area contributed by atoms with Crippen molar-refractivity contribution >= 4 is 23.3 Å². The summed E-state index contributed by atoms with van der Waals surface area (Å²) in [6.07, 6.45) is 2.09. The lowest BCUT2D eigenvalue weighted by Crippen LogP contribution is -2.36. The van der Waals surface area contributed by atoms with Gasteiger partial charge < -0.3 is 15.5 Å². The number of benzene rings is 2. The van der Waals surface area contributed by atoms with Gasteiger partial charge in [-0.2, -0.15) is 0 Å². The lowest BCUT2D eigenvalue weighted by molar-refractivity contribution is -0.118. The Morgan fingerprint density at radius 2 is 1.70 bits per heavy atom. The standard InChI is InChI=1S/C22H27N3O2/c1-15(2)21(26)23-18-8-5-9-19(13-18)24-22(27)25(20-10-11-20)14-17-7-4-6-16(3)12-17/h4-9,12-13,15,20H,10-11,14H2,1-3H3,(H,23,26)(H,24,27). The third kappa shape index (κ3) is 5.33. The molecule has 1 aliphatic carbocycles. The molecule has 0 aliphatic heterocycles. The molecule has 0 bridgehead atoms. The largest absolute Gasteiger partial charge is 0.326 e. The van der Waals surface area contributed by atoms with Crippen molar-refractivity contribution in [1.29, 1.82) is 0 Å². The van der Waals surface area contributed by atoms with E-state index in [2.05, 4.69) is 35.8 Å². The number of hydrogen-bond acceptors (Lipinski definition) is 2. The highest BCUT2D eigenvalue weighted by molar-refractivity contribution is 5.94. The third-order valence-corrected chi connectivity index (χ3v) is 4.59. The van der Waals surface area contributed by atoms with Crippen molar-refractivity contribution in [3.8, 4) is 0 Å². The molecule has 27 heavy (non-hydrogen) atoms. The zero-order valence-electron chi connectivity index (χ0n) is 16.2. The molecule has 1 saturated carbocycles. The van der Waals surface area contributed by atoms with Crippen molar-refractivity contribution in [3.63, 3.8) is 0 Å². The van der Waals surface area contributed by atoms with Crippen LogP contribution in [0.1, 0.15) is 37.8 Å². The van der Waals surface area contributed by atoms with Crippen LogP contribution in [-0.2, 0) is 11.3 Å². The molecule has 5 nitrogen and oxygen atoms in total. The summed E-state index contributed by atoms with van der Waals surface area (Å²) in [5.41, 5.74) is 3.69. The molecule has 3 amide bonds. The number of aryl methyl sites for hydroxylation is 1. The Balaban J connectivity index is 1.68. The normalized spacial score (nSPS) is 13.3. The molecule has 2 aromatic carbocycles. The van der Waals surface area contributed by atoms with Crippen molar-refractivity contribution in [1.82, 2.24) is 4.90 Å². The molecule has 0 heterocycles.